The molecule has 0 unspecified atom stereocenters. The Morgan fingerprint density at radius 2 is 1.83 bits per heavy atom. The van der Waals surface area contributed by atoms with E-state index in [1.54, 1.807) is 4.90 Å². The van der Waals surface area contributed by atoms with E-state index in [4.69, 9.17) is 11.6 Å². The van der Waals surface area contributed by atoms with E-state index < -0.39 is 0 Å². The van der Waals surface area contributed by atoms with Crippen molar-refractivity contribution in [1.82, 2.24) is 19.6 Å². The molecule has 3 rings (SSSR count). The quantitative estimate of drug-likeness (QED) is 0.782. The first-order valence-electron chi connectivity index (χ1n) is 8.39. The van der Waals surface area contributed by atoms with Crippen molar-refractivity contribution < 1.29 is 9.59 Å². The van der Waals surface area contributed by atoms with Gasteiger partial charge in [0.15, 0.2) is 5.69 Å². The first-order chi connectivity index (χ1) is 11.2. The van der Waals surface area contributed by atoms with Crippen LogP contribution in [0.15, 0.2) is 6.07 Å². The number of hydrogen-bond acceptors (Lipinski definition) is 3. The summed E-state index contributed by atoms with van der Waals surface area (Å²) in [4.78, 5) is 28.2. The number of aromatic nitrogens is 2. The molecule has 126 valence electrons. The first-order valence-corrected chi connectivity index (χ1v) is 8.92. The van der Waals surface area contributed by atoms with Crippen LogP contribution >= 0.6 is 11.6 Å². The Hall–Kier alpha value is -1.56. The molecule has 0 aliphatic carbocycles. The van der Waals surface area contributed by atoms with Gasteiger partial charge in [0.1, 0.15) is 0 Å². The number of carbonyl (C=O) groups is 2. The highest BCUT2D eigenvalue weighted by Gasteiger charge is 2.26. The van der Waals surface area contributed by atoms with E-state index in [0.29, 0.717) is 50.6 Å². The molecule has 1 saturated heterocycles. The van der Waals surface area contributed by atoms with E-state index >= 15 is 0 Å². The Morgan fingerprint density at radius 3 is 2.52 bits per heavy atom. The van der Waals surface area contributed by atoms with E-state index in [-0.39, 0.29) is 11.8 Å². The second-order valence-corrected chi connectivity index (χ2v) is 6.54. The number of alkyl halides is 1. The molecule has 1 aromatic heterocycles. The predicted octanol–water partition coefficient (Wildman–Crippen LogP) is 1.52. The molecule has 6 nitrogen and oxygen atoms in total. The molecule has 0 saturated carbocycles. The van der Waals surface area contributed by atoms with E-state index in [1.165, 1.54) is 6.42 Å². The minimum absolute atomic E-state index is 0.0141. The molecule has 3 heterocycles. The molecule has 1 aromatic rings. The van der Waals surface area contributed by atoms with Crippen LogP contribution < -0.4 is 0 Å². The summed E-state index contributed by atoms with van der Waals surface area (Å²) >= 11 is 5.63. The third kappa shape index (κ3) is 3.68. The first kappa shape index (κ1) is 16.3. The van der Waals surface area contributed by atoms with Gasteiger partial charge < -0.3 is 9.80 Å². The lowest BCUT2D eigenvalue weighted by Crippen LogP contribution is -2.50. The summed E-state index contributed by atoms with van der Waals surface area (Å²) in [5.41, 5.74) is 1.71. The number of aryl methyl sites for hydroxylation is 2. The van der Waals surface area contributed by atoms with Gasteiger partial charge in [-0.1, -0.05) is 0 Å². The van der Waals surface area contributed by atoms with Crippen molar-refractivity contribution in [3.63, 3.8) is 0 Å². The van der Waals surface area contributed by atoms with Crippen molar-refractivity contribution in [2.24, 2.45) is 0 Å². The fourth-order valence-electron chi connectivity index (χ4n) is 3.22. The van der Waals surface area contributed by atoms with Crippen molar-refractivity contribution in [1.29, 1.82) is 0 Å². The lowest BCUT2D eigenvalue weighted by Gasteiger charge is -2.34. The minimum Gasteiger partial charge on any atom is -0.339 e. The van der Waals surface area contributed by atoms with Gasteiger partial charge in [-0.05, 0) is 31.7 Å². The number of halogens is 1. The van der Waals surface area contributed by atoms with Crippen LogP contribution in [0.2, 0.25) is 0 Å². The Morgan fingerprint density at radius 1 is 1.09 bits per heavy atom. The lowest BCUT2D eigenvalue weighted by molar-refractivity contribution is -0.132. The van der Waals surface area contributed by atoms with Gasteiger partial charge in [0.2, 0.25) is 5.91 Å². The van der Waals surface area contributed by atoms with Gasteiger partial charge in [-0.2, -0.15) is 5.10 Å². The van der Waals surface area contributed by atoms with E-state index in [9.17, 15) is 9.59 Å². The number of piperazine rings is 1. The van der Waals surface area contributed by atoms with E-state index in [1.807, 2.05) is 15.6 Å². The fraction of sp³-hybridized carbons (Fsp3) is 0.688. The van der Waals surface area contributed by atoms with Crippen LogP contribution in [0.25, 0.3) is 0 Å². The SMILES string of the molecule is O=C(CCCCl)N1CCN(C(=O)c2cc3n(n2)CCCC3)CC1. The molecule has 2 aliphatic rings. The maximum Gasteiger partial charge on any atom is 0.274 e. The highest BCUT2D eigenvalue weighted by Crippen LogP contribution is 2.17. The molecular weight excluding hydrogens is 316 g/mol. The molecule has 2 aliphatic heterocycles. The number of rotatable bonds is 4. The summed E-state index contributed by atoms with van der Waals surface area (Å²) in [6, 6.07) is 1.93. The molecule has 7 heteroatoms. The highest BCUT2D eigenvalue weighted by molar-refractivity contribution is 6.17. The maximum atomic E-state index is 12.6. The van der Waals surface area contributed by atoms with Crippen LogP contribution in [0, 0.1) is 0 Å². The molecule has 0 atom stereocenters. The Bertz CT molecular complexity index is 555. The molecule has 0 aromatic carbocycles. The van der Waals surface area contributed by atoms with Gasteiger partial charge >= 0.3 is 0 Å². The van der Waals surface area contributed by atoms with Crippen LogP contribution in [0.3, 0.4) is 0 Å². The number of hydrogen-bond donors (Lipinski definition) is 0. The number of fused-ring (bicyclic) bond motifs is 1. The van der Waals surface area contributed by atoms with Gasteiger partial charge in [-0.25, -0.2) is 0 Å². The molecule has 2 amide bonds. The zero-order chi connectivity index (χ0) is 16.2. The van der Waals surface area contributed by atoms with Crippen molar-refractivity contribution in [3.8, 4) is 0 Å². The molecule has 0 bridgehead atoms. The monoisotopic (exact) mass is 338 g/mol. The van der Waals surface area contributed by atoms with Crippen LogP contribution in [0.1, 0.15) is 41.9 Å². The average molecular weight is 339 g/mol. The minimum atomic E-state index is -0.0141. The number of nitrogens with zero attached hydrogens (tertiary/aromatic N) is 4. The molecule has 0 N–H and O–H groups in total. The smallest absolute Gasteiger partial charge is 0.274 e. The lowest BCUT2D eigenvalue weighted by atomic mass is 10.1. The summed E-state index contributed by atoms with van der Waals surface area (Å²) in [6.45, 7) is 3.26. The van der Waals surface area contributed by atoms with Crippen LogP contribution in [0.5, 0.6) is 0 Å². The van der Waals surface area contributed by atoms with Gasteiger partial charge in [-0.3, -0.25) is 14.3 Å². The van der Waals surface area contributed by atoms with E-state index in [0.717, 1.165) is 25.1 Å². The summed E-state index contributed by atoms with van der Waals surface area (Å²) in [5, 5.41) is 4.45. The molecule has 0 spiro atoms. The van der Waals surface area contributed by atoms with Gasteiger partial charge in [0, 0.05) is 50.7 Å². The largest absolute Gasteiger partial charge is 0.339 e. The van der Waals surface area contributed by atoms with Crippen molar-refractivity contribution in [3.05, 3.63) is 17.5 Å². The summed E-state index contributed by atoms with van der Waals surface area (Å²) < 4.78 is 1.96. The normalized spacial score (nSPS) is 18.0. The highest BCUT2D eigenvalue weighted by atomic mass is 35.5. The topological polar surface area (TPSA) is 58.4 Å². The van der Waals surface area contributed by atoms with Crippen molar-refractivity contribution in [2.75, 3.05) is 32.1 Å². The Balaban J connectivity index is 1.56. The second-order valence-electron chi connectivity index (χ2n) is 6.17. The van der Waals surface area contributed by atoms with E-state index in [2.05, 4.69) is 5.10 Å². The molecule has 0 radical (unpaired) electrons. The molecule has 1 fully saturated rings. The van der Waals surface area contributed by atoms with Gasteiger partial charge in [0.05, 0.1) is 0 Å². The van der Waals surface area contributed by atoms with Crippen LogP contribution in [0.4, 0.5) is 0 Å². The zero-order valence-electron chi connectivity index (χ0n) is 13.3. The number of amides is 2. The summed E-state index contributed by atoms with van der Waals surface area (Å²) in [5.74, 6) is 0.629. The Kier molecular flexibility index (Phi) is 5.20. The summed E-state index contributed by atoms with van der Waals surface area (Å²) in [6.07, 6.45) is 4.50. The number of carbonyl (C=O) groups excluding carboxylic acids is 2. The predicted molar refractivity (Wildman–Crippen MR) is 87.6 cm³/mol. The van der Waals surface area contributed by atoms with Gasteiger partial charge in [0.25, 0.3) is 5.91 Å². The van der Waals surface area contributed by atoms with Crippen LogP contribution in [-0.2, 0) is 17.8 Å². The van der Waals surface area contributed by atoms with Crippen LogP contribution in [-0.4, -0.2) is 63.5 Å². The second kappa shape index (κ2) is 7.34. The molecule has 23 heavy (non-hydrogen) atoms. The Labute approximate surface area is 141 Å². The third-order valence-electron chi connectivity index (χ3n) is 4.58. The zero-order valence-corrected chi connectivity index (χ0v) is 14.1. The average Bonchev–Trinajstić information content (AvgIpc) is 3.03. The third-order valence-corrected chi connectivity index (χ3v) is 4.85. The maximum absolute atomic E-state index is 12.6. The van der Waals surface area contributed by atoms with Crippen molar-refractivity contribution >= 4 is 23.4 Å². The fourth-order valence-corrected chi connectivity index (χ4v) is 3.35. The summed E-state index contributed by atoms with van der Waals surface area (Å²) in [7, 11) is 0. The van der Waals surface area contributed by atoms with Crippen molar-refractivity contribution in [2.45, 2.75) is 38.6 Å². The molecular formula is C16H23ClN4O2. The standard InChI is InChI=1S/C16H23ClN4O2/c17-6-3-5-15(22)19-8-10-20(11-9-19)16(23)14-12-13-4-1-2-7-21(13)18-14/h12H,1-11H2. The van der Waals surface area contributed by atoms with Gasteiger partial charge in [-0.15, -0.1) is 11.6 Å².